The summed E-state index contributed by atoms with van der Waals surface area (Å²) in [5, 5.41) is 3.02. The largest absolute Gasteiger partial charge is 0.352 e. The highest BCUT2D eigenvalue weighted by molar-refractivity contribution is 5.82. The van der Waals surface area contributed by atoms with Crippen LogP contribution < -0.4 is 11.1 Å². The van der Waals surface area contributed by atoms with Crippen molar-refractivity contribution in [2.45, 2.75) is 31.8 Å². The van der Waals surface area contributed by atoms with Gasteiger partial charge in [0.25, 0.3) is 0 Å². The van der Waals surface area contributed by atoms with Crippen LogP contribution in [0, 0.1) is 5.92 Å². The number of nitrogens with two attached hydrogens (primary N) is 1. The van der Waals surface area contributed by atoms with Gasteiger partial charge in [-0.3, -0.25) is 9.69 Å². The van der Waals surface area contributed by atoms with E-state index < -0.39 is 0 Å². The smallest absolute Gasteiger partial charge is 0.237 e. The lowest BCUT2D eigenvalue weighted by atomic mass is 9.98. The molecule has 80 valence electrons. The maximum absolute atomic E-state index is 11.6. The van der Waals surface area contributed by atoms with Gasteiger partial charge in [-0.1, -0.05) is 0 Å². The first kappa shape index (κ1) is 9.93. The van der Waals surface area contributed by atoms with Crippen molar-refractivity contribution in [1.29, 1.82) is 0 Å². The summed E-state index contributed by atoms with van der Waals surface area (Å²) < 4.78 is 0. The van der Waals surface area contributed by atoms with E-state index >= 15 is 0 Å². The average molecular weight is 197 g/mol. The molecule has 1 saturated heterocycles. The van der Waals surface area contributed by atoms with Crippen LogP contribution in [0.1, 0.15) is 19.8 Å². The van der Waals surface area contributed by atoms with E-state index in [9.17, 15) is 4.79 Å². The zero-order chi connectivity index (χ0) is 10.1. The van der Waals surface area contributed by atoms with Crippen LogP contribution in [-0.4, -0.2) is 42.5 Å². The predicted molar refractivity (Wildman–Crippen MR) is 54.7 cm³/mol. The van der Waals surface area contributed by atoms with Crippen LogP contribution in [-0.2, 0) is 4.79 Å². The summed E-state index contributed by atoms with van der Waals surface area (Å²) in [7, 11) is 0. The Hall–Kier alpha value is -0.610. The fraction of sp³-hybridized carbons (Fsp3) is 0.900. The molecular weight excluding hydrogens is 178 g/mol. The summed E-state index contributed by atoms with van der Waals surface area (Å²) in [5.41, 5.74) is 5.54. The first-order chi connectivity index (χ1) is 6.70. The molecule has 1 unspecified atom stereocenters. The highest BCUT2D eigenvalue weighted by atomic mass is 16.2. The molecule has 2 aliphatic rings. The Bertz CT molecular complexity index is 221. The third kappa shape index (κ3) is 2.07. The topological polar surface area (TPSA) is 58.4 Å². The van der Waals surface area contributed by atoms with Crippen molar-refractivity contribution in [1.82, 2.24) is 10.2 Å². The number of carbonyl (C=O) groups is 1. The van der Waals surface area contributed by atoms with Crippen LogP contribution in [0.5, 0.6) is 0 Å². The molecule has 0 aromatic rings. The van der Waals surface area contributed by atoms with Gasteiger partial charge in [-0.25, -0.2) is 0 Å². The minimum absolute atomic E-state index is 0.0263. The summed E-state index contributed by atoms with van der Waals surface area (Å²) in [5.74, 6) is 0.786. The Labute approximate surface area is 84.8 Å². The van der Waals surface area contributed by atoms with Gasteiger partial charge in [0.2, 0.25) is 5.91 Å². The maximum atomic E-state index is 11.6. The van der Waals surface area contributed by atoms with Crippen molar-refractivity contribution in [2.75, 3.05) is 19.6 Å². The van der Waals surface area contributed by atoms with Crippen molar-refractivity contribution >= 4 is 5.91 Å². The number of nitrogens with zero attached hydrogens (tertiary/aromatic N) is 1. The van der Waals surface area contributed by atoms with Gasteiger partial charge >= 0.3 is 0 Å². The van der Waals surface area contributed by atoms with Crippen LogP contribution in [0.2, 0.25) is 0 Å². The third-order valence-electron chi connectivity index (χ3n) is 3.17. The molecule has 1 aliphatic carbocycles. The second-order valence-electron chi connectivity index (χ2n) is 4.51. The summed E-state index contributed by atoms with van der Waals surface area (Å²) in [4.78, 5) is 13.8. The zero-order valence-electron chi connectivity index (χ0n) is 8.70. The molecule has 0 bridgehead atoms. The first-order valence-electron chi connectivity index (χ1n) is 5.45. The van der Waals surface area contributed by atoms with Crippen molar-refractivity contribution < 1.29 is 4.79 Å². The molecule has 2 rings (SSSR count). The predicted octanol–water partition coefficient (Wildman–Crippen LogP) is -0.456. The number of hydrogen-bond donors (Lipinski definition) is 2. The summed E-state index contributed by atoms with van der Waals surface area (Å²) in [6.45, 7) is 4.68. The molecule has 0 aromatic carbocycles. The van der Waals surface area contributed by atoms with Crippen molar-refractivity contribution in [3.8, 4) is 0 Å². The van der Waals surface area contributed by atoms with E-state index in [1.165, 1.54) is 0 Å². The van der Waals surface area contributed by atoms with E-state index in [0.29, 0.717) is 12.0 Å². The lowest BCUT2D eigenvalue weighted by Crippen LogP contribution is -2.57. The Morgan fingerprint density at radius 3 is 2.71 bits per heavy atom. The van der Waals surface area contributed by atoms with Crippen LogP contribution in [0.25, 0.3) is 0 Å². The molecule has 2 fully saturated rings. The van der Waals surface area contributed by atoms with E-state index in [4.69, 9.17) is 5.73 Å². The molecule has 0 radical (unpaired) electrons. The van der Waals surface area contributed by atoms with Gasteiger partial charge in [0.15, 0.2) is 0 Å². The zero-order valence-corrected chi connectivity index (χ0v) is 8.70. The monoisotopic (exact) mass is 197 g/mol. The molecule has 1 atom stereocenters. The molecule has 14 heavy (non-hydrogen) atoms. The molecule has 1 amide bonds. The number of amides is 1. The van der Waals surface area contributed by atoms with Gasteiger partial charge in [0, 0.05) is 19.1 Å². The Kier molecular flexibility index (Phi) is 2.74. The second-order valence-corrected chi connectivity index (χ2v) is 4.51. The number of hydrogen-bond acceptors (Lipinski definition) is 3. The quantitative estimate of drug-likeness (QED) is 0.641. The van der Waals surface area contributed by atoms with Crippen LogP contribution in [0.3, 0.4) is 0 Å². The third-order valence-corrected chi connectivity index (χ3v) is 3.17. The van der Waals surface area contributed by atoms with Crippen LogP contribution >= 0.6 is 0 Å². The Morgan fingerprint density at radius 1 is 1.57 bits per heavy atom. The molecule has 4 heteroatoms. The molecule has 1 heterocycles. The minimum Gasteiger partial charge on any atom is -0.352 e. The van der Waals surface area contributed by atoms with E-state index in [0.717, 1.165) is 32.5 Å². The normalized spacial score (nSPS) is 25.6. The molecular formula is C10H19N3O. The lowest BCUT2D eigenvalue weighted by Gasteiger charge is -2.41. The Morgan fingerprint density at radius 2 is 2.21 bits per heavy atom. The average Bonchev–Trinajstić information content (AvgIpc) is 2.86. The first-order valence-corrected chi connectivity index (χ1v) is 5.45. The van der Waals surface area contributed by atoms with Gasteiger partial charge < -0.3 is 11.1 Å². The number of nitrogens with one attached hydrogen (secondary N) is 1. The standard InChI is InChI=1S/C10H19N3O/c1-7(10(14)12-9-2-3-9)13-5-8(4-11)6-13/h7-9H,2-6,11H2,1H3,(H,12,14). The molecule has 0 aromatic heterocycles. The molecule has 0 spiro atoms. The van der Waals surface area contributed by atoms with E-state index in [2.05, 4.69) is 10.2 Å². The fourth-order valence-corrected chi connectivity index (χ4v) is 1.79. The van der Waals surface area contributed by atoms with Gasteiger partial charge in [0.05, 0.1) is 6.04 Å². The van der Waals surface area contributed by atoms with E-state index in [-0.39, 0.29) is 11.9 Å². The number of rotatable bonds is 4. The molecule has 1 aliphatic heterocycles. The van der Waals surface area contributed by atoms with Crippen molar-refractivity contribution in [2.24, 2.45) is 11.7 Å². The summed E-state index contributed by atoms with van der Waals surface area (Å²) in [6.07, 6.45) is 2.31. The highest BCUT2D eigenvalue weighted by Gasteiger charge is 2.34. The van der Waals surface area contributed by atoms with Gasteiger partial charge in [-0.15, -0.1) is 0 Å². The van der Waals surface area contributed by atoms with E-state index in [1.807, 2.05) is 6.92 Å². The van der Waals surface area contributed by atoms with Gasteiger partial charge in [0.1, 0.15) is 0 Å². The lowest BCUT2D eigenvalue weighted by molar-refractivity contribution is -0.128. The summed E-state index contributed by atoms with van der Waals surface area (Å²) >= 11 is 0. The fourth-order valence-electron chi connectivity index (χ4n) is 1.79. The van der Waals surface area contributed by atoms with Crippen molar-refractivity contribution in [3.63, 3.8) is 0 Å². The molecule has 3 N–H and O–H groups in total. The number of carbonyl (C=O) groups excluding carboxylic acids is 1. The number of likely N-dealkylation sites (tertiary alicyclic amines) is 1. The van der Waals surface area contributed by atoms with Crippen LogP contribution in [0.4, 0.5) is 0 Å². The molecule has 4 nitrogen and oxygen atoms in total. The van der Waals surface area contributed by atoms with Crippen molar-refractivity contribution in [3.05, 3.63) is 0 Å². The van der Waals surface area contributed by atoms with E-state index in [1.54, 1.807) is 0 Å². The van der Waals surface area contributed by atoms with Gasteiger partial charge in [-0.05, 0) is 32.2 Å². The van der Waals surface area contributed by atoms with Crippen LogP contribution in [0.15, 0.2) is 0 Å². The Balaban J connectivity index is 1.71. The molecule has 1 saturated carbocycles. The second kappa shape index (κ2) is 3.87. The minimum atomic E-state index is 0.0263. The summed E-state index contributed by atoms with van der Waals surface area (Å²) in [6, 6.07) is 0.495. The maximum Gasteiger partial charge on any atom is 0.237 e. The SMILES string of the molecule is CC(C(=O)NC1CC1)N1CC(CN)C1. The van der Waals surface area contributed by atoms with Gasteiger partial charge in [-0.2, -0.15) is 0 Å². The highest BCUT2D eigenvalue weighted by Crippen LogP contribution is 2.21.